The first-order valence-corrected chi connectivity index (χ1v) is 3.84. The van der Waals surface area contributed by atoms with Crippen LogP contribution >= 0.6 is 0 Å². The molecular weight excluding hydrogens is 168 g/mol. The van der Waals surface area contributed by atoms with Gasteiger partial charge in [0.2, 0.25) is 11.9 Å². The van der Waals surface area contributed by atoms with Crippen LogP contribution in [-0.4, -0.2) is 20.2 Å². The van der Waals surface area contributed by atoms with Gasteiger partial charge < -0.3 is 16.0 Å². The Hall–Kier alpha value is -1.98. The van der Waals surface area contributed by atoms with Crippen LogP contribution in [0.5, 0.6) is 0 Å². The van der Waals surface area contributed by atoms with Gasteiger partial charge in [-0.3, -0.25) is 0 Å². The molecule has 2 aromatic rings. The second-order valence-electron chi connectivity index (χ2n) is 2.72. The van der Waals surface area contributed by atoms with E-state index in [1.807, 2.05) is 19.3 Å². The molecule has 6 heteroatoms. The highest BCUT2D eigenvalue weighted by Gasteiger charge is 2.02. The van der Waals surface area contributed by atoms with Crippen LogP contribution in [0.3, 0.4) is 0 Å². The van der Waals surface area contributed by atoms with Gasteiger partial charge in [0.05, 0.1) is 5.69 Å². The maximum atomic E-state index is 5.37. The largest absolute Gasteiger partial charge is 0.368 e. The minimum atomic E-state index is 0.302. The Bertz CT molecular complexity index is 401. The van der Waals surface area contributed by atoms with Crippen LogP contribution < -0.4 is 11.1 Å². The third-order valence-electron chi connectivity index (χ3n) is 1.70. The van der Waals surface area contributed by atoms with Gasteiger partial charge in [-0.05, 0) is 12.5 Å². The van der Waals surface area contributed by atoms with Gasteiger partial charge >= 0.3 is 0 Å². The maximum Gasteiger partial charge on any atom is 0.248 e. The molecule has 0 bridgehead atoms. The minimum Gasteiger partial charge on any atom is -0.368 e. The van der Waals surface area contributed by atoms with Gasteiger partial charge in [-0.2, -0.15) is 4.98 Å². The normalized spacial score (nSPS) is 10.2. The number of aromatic amines is 2. The fourth-order valence-corrected chi connectivity index (χ4v) is 1.03. The van der Waals surface area contributed by atoms with E-state index in [2.05, 4.69) is 25.5 Å². The Morgan fingerprint density at radius 1 is 1.46 bits per heavy atom. The first-order chi connectivity index (χ1) is 6.25. The predicted molar refractivity (Wildman–Crippen MR) is 49.6 cm³/mol. The molecule has 2 rings (SSSR count). The van der Waals surface area contributed by atoms with E-state index >= 15 is 0 Å². The van der Waals surface area contributed by atoms with Crippen LogP contribution in [0.2, 0.25) is 0 Å². The van der Waals surface area contributed by atoms with Crippen molar-refractivity contribution < 1.29 is 0 Å². The number of hydrogen-bond donors (Lipinski definition) is 4. The van der Waals surface area contributed by atoms with E-state index < -0.39 is 0 Å². The molecule has 6 nitrogen and oxygen atoms in total. The monoisotopic (exact) mass is 178 g/mol. The first-order valence-electron chi connectivity index (χ1n) is 3.84. The lowest BCUT2D eigenvalue weighted by Gasteiger charge is -1.97. The molecule has 0 aliphatic rings. The molecular formula is C7H10N6. The van der Waals surface area contributed by atoms with Crippen molar-refractivity contribution in [1.82, 2.24) is 20.2 Å². The number of nitrogens with one attached hydrogen (secondary N) is 3. The van der Waals surface area contributed by atoms with Crippen LogP contribution in [0.1, 0.15) is 5.56 Å². The van der Waals surface area contributed by atoms with E-state index in [0.717, 1.165) is 11.3 Å². The summed E-state index contributed by atoms with van der Waals surface area (Å²) in [5.41, 5.74) is 7.41. The number of hydrogen-bond acceptors (Lipinski definition) is 4. The molecule has 0 saturated carbocycles. The molecule has 2 heterocycles. The van der Waals surface area contributed by atoms with Crippen molar-refractivity contribution in [3.05, 3.63) is 18.0 Å². The zero-order valence-corrected chi connectivity index (χ0v) is 7.13. The van der Waals surface area contributed by atoms with Crippen molar-refractivity contribution in [2.45, 2.75) is 6.92 Å². The number of H-pyrrole nitrogens is 2. The van der Waals surface area contributed by atoms with Gasteiger partial charge in [0.25, 0.3) is 0 Å². The average molecular weight is 178 g/mol. The number of nitrogens with two attached hydrogens (primary N) is 1. The zero-order chi connectivity index (χ0) is 9.26. The highest BCUT2D eigenvalue weighted by molar-refractivity contribution is 5.57. The van der Waals surface area contributed by atoms with E-state index in [1.165, 1.54) is 0 Å². The lowest BCUT2D eigenvalue weighted by Crippen LogP contribution is -1.92. The SMILES string of the molecule is Cc1c[nH]cc1Nc1n[nH]c(N)n1. The van der Waals surface area contributed by atoms with E-state index in [0.29, 0.717) is 11.9 Å². The van der Waals surface area contributed by atoms with Crippen molar-refractivity contribution >= 4 is 17.6 Å². The van der Waals surface area contributed by atoms with Gasteiger partial charge in [-0.1, -0.05) is 0 Å². The van der Waals surface area contributed by atoms with Gasteiger partial charge in [-0.15, -0.1) is 5.10 Å². The van der Waals surface area contributed by atoms with Crippen LogP contribution in [-0.2, 0) is 0 Å². The summed E-state index contributed by atoms with van der Waals surface area (Å²) in [5.74, 6) is 0.774. The molecule has 0 aliphatic carbocycles. The number of rotatable bonds is 2. The fourth-order valence-electron chi connectivity index (χ4n) is 1.03. The summed E-state index contributed by atoms with van der Waals surface area (Å²) >= 11 is 0. The summed E-state index contributed by atoms with van der Waals surface area (Å²) in [7, 11) is 0. The molecule has 0 amide bonds. The van der Waals surface area contributed by atoms with Gasteiger partial charge in [0.15, 0.2) is 0 Å². The second-order valence-corrected chi connectivity index (χ2v) is 2.72. The highest BCUT2D eigenvalue weighted by atomic mass is 15.3. The summed E-state index contributed by atoms with van der Waals surface area (Å²) in [5, 5.41) is 9.40. The second kappa shape index (κ2) is 2.81. The van der Waals surface area contributed by atoms with Crippen LogP contribution in [0.4, 0.5) is 17.6 Å². The average Bonchev–Trinajstić information content (AvgIpc) is 2.64. The molecule has 0 atom stereocenters. The number of aryl methyl sites for hydroxylation is 1. The summed E-state index contributed by atoms with van der Waals surface area (Å²) in [6.45, 7) is 1.98. The minimum absolute atomic E-state index is 0.302. The summed E-state index contributed by atoms with van der Waals surface area (Å²) in [6, 6.07) is 0. The first kappa shape index (κ1) is 7.66. The summed E-state index contributed by atoms with van der Waals surface area (Å²) in [6.07, 6.45) is 3.72. The number of aromatic nitrogens is 4. The fraction of sp³-hybridized carbons (Fsp3) is 0.143. The quantitative estimate of drug-likeness (QED) is 0.546. The van der Waals surface area contributed by atoms with Crippen molar-refractivity contribution in [3.8, 4) is 0 Å². The molecule has 2 aromatic heterocycles. The van der Waals surface area contributed by atoms with Crippen molar-refractivity contribution in [2.24, 2.45) is 0 Å². The molecule has 0 fully saturated rings. The predicted octanol–water partition coefficient (Wildman–Crippen LogP) is 0.767. The lowest BCUT2D eigenvalue weighted by atomic mass is 10.3. The third-order valence-corrected chi connectivity index (χ3v) is 1.70. The Morgan fingerprint density at radius 2 is 2.31 bits per heavy atom. The Labute approximate surface area is 74.6 Å². The molecule has 0 aromatic carbocycles. The Kier molecular flexibility index (Phi) is 1.66. The zero-order valence-electron chi connectivity index (χ0n) is 7.13. The number of nitrogen functional groups attached to an aromatic ring is 1. The standard InChI is InChI=1S/C7H10N6/c1-4-2-9-3-5(4)10-7-11-6(8)12-13-7/h2-3,9H,1H3,(H4,8,10,11,12,13). The van der Waals surface area contributed by atoms with Crippen LogP contribution in [0, 0.1) is 6.92 Å². The molecule has 13 heavy (non-hydrogen) atoms. The van der Waals surface area contributed by atoms with Crippen molar-refractivity contribution in [1.29, 1.82) is 0 Å². The molecule has 68 valence electrons. The third kappa shape index (κ3) is 1.46. The Balaban J connectivity index is 2.19. The summed E-state index contributed by atoms with van der Waals surface area (Å²) in [4.78, 5) is 6.88. The topological polar surface area (TPSA) is 95.4 Å². The van der Waals surface area contributed by atoms with Gasteiger partial charge in [0.1, 0.15) is 0 Å². The van der Waals surface area contributed by atoms with Gasteiger partial charge in [0, 0.05) is 12.4 Å². The van der Waals surface area contributed by atoms with Gasteiger partial charge in [-0.25, -0.2) is 5.10 Å². The van der Waals surface area contributed by atoms with Crippen molar-refractivity contribution in [2.75, 3.05) is 11.1 Å². The number of nitrogens with zero attached hydrogens (tertiary/aromatic N) is 2. The van der Waals surface area contributed by atoms with E-state index in [1.54, 1.807) is 0 Å². The highest BCUT2D eigenvalue weighted by Crippen LogP contribution is 2.16. The van der Waals surface area contributed by atoms with E-state index in [-0.39, 0.29) is 0 Å². The summed E-state index contributed by atoms with van der Waals surface area (Å²) < 4.78 is 0. The molecule has 0 aliphatic heterocycles. The van der Waals surface area contributed by atoms with Crippen LogP contribution in [0.25, 0.3) is 0 Å². The van der Waals surface area contributed by atoms with Crippen molar-refractivity contribution in [3.63, 3.8) is 0 Å². The van der Waals surface area contributed by atoms with Crippen LogP contribution in [0.15, 0.2) is 12.4 Å². The van der Waals surface area contributed by atoms with E-state index in [4.69, 9.17) is 5.73 Å². The molecule has 0 spiro atoms. The maximum absolute atomic E-state index is 5.37. The molecule has 0 radical (unpaired) electrons. The lowest BCUT2D eigenvalue weighted by molar-refractivity contribution is 1.10. The Morgan fingerprint density at radius 3 is 2.85 bits per heavy atom. The van der Waals surface area contributed by atoms with E-state index in [9.17, 15) is 0 Å². The number of anilines is 3. The molecule has 0 saturated heterocycles. The smallest absolute Gasteiger partial charge is 0.248 e. The molecule has 0 unspecified atom stereocenters. The molecule has 5 N–H and O–H groups in total.